The summed E-state index contributed by atoms with van der Waals surface area (Å²) in [7, 11) is 0. The van der Waals surface area contributed by atoms with Crippen molar-refractivity contribution in [3.8, 4) is 11.8 Å². The van der Waals surface area contributed by atoms with Crippen LogP contribution in [-0.4, -0.2) is 52.2 Å². The van der Waals surface area contributed by atoms with Gasteiger partial charge in [0.15, 0.2) is 5.16 Å². The van der Waals surface area contributed by atoms with E-state index in [-0.39, 0.29) is 5.91 Å². The van der Waals surface area contributed by atoms with E-state index in [0.29, 0.717) is 34.6 Å². The zero-order valence-electron chi connectivity index (χ0n) is 18.3. The Kier molecular flexibility index (Phi) is 7.18. The molecule has 0 spiro atoms. The number of benzene rings is 2. The van der Waals surface area contributed by atoms with Gasteiger partial charge in [0, 0.05) is 18.8 Å². The fraction of sp³-hybridized carbons (Fsp3) is 0.304. The predicted octanol–water partition coefficient (Wildman–Crippen LogP) is 4.06. The molecule has 1 aliphatic heterocycles. The second-order valence-corrected chi connectivity index (χ2v) is 9.32. The molecule has 10 heteroatoms. The predicted molar refractivity (Wildman–Crippen MR) is 129 cm³/mol. The topological polar surface area (TPSA) is 96.1 Å². The fourth-order valence-corrected chi connectivity index (χ4v) is 4.45. The minimum Gasteiger partial charge on any atom is -0.378 e. The lowest BCUT2D eigenvalue weighted by atomic mass is 10.2. The second-order valence-electron chi connectivity index (χ2n) is 7.61. The second kappa shape index (κ2) is 10.3. The van der Waals surface area contributed by atoms with Crippen molar-refractivity contribution in [2.75, 3.05) is 36.5 Å². The van der Waals surface area contributed by atoms with Crippen LogP contribution < -0.4 is 10.2 Å². The molecule has 3 aromatic rings. The van der Waals surface area contributed by atoms with E-state index in [1.807, 2.05) is 48.7 Å². The number of nitriles is 1. The number of rotatable bonds is 6. The van der Waals surface area contributed by atoms with Crippen LogP contribution in [-0.2, 0) is 9.53 Å². The molecule has 1 atom stereocenters. The van der Waals surface area contributed by atoms with Gasteiger partial charge in [0.05, 0.1) is 34.7 Å². The molecule has 1 aliphatic rings. The maximum absolute atomic E-state index is 12.9. The van der Waals surface area contributed by atoms with Crippen LogP contribution in [0, 0.1) is 18.3 Å². The van der Waals surface area contributed by atoms with E-state index in [4.69, 9.17) is 21.6 Å². The smallest absolute Gasteiger partial charge is 0.237 e. The first kappa shape index (κ1) is 23.1. The highest BCUT2D eigenvalue weighted by molar-refractivity contribution is 8.00. The van der Waals surface area contributed by atoms with Crippen molar-refractivity contribution in [2.24, 2.45) is 0 Å². The molecule has 8 nitrogen and oxygen atoms in total. The third kappa shape index (κ3) is 5.30. The number of anilines is 2. The van der Waals surface area contributed by atoms with Crippen LogP contribution in [0.3, 0.4) is 0 Å². The zero-order valence-corrected chi connectivity index (χ0v) is 19.9. The summed E-state index contributed by atoms with van der Waals surface area (Å²) >= 11 is 7.41. The van der Waals surface area contributed by atoms with Gasteiger partial charge in [-0.25, -0.2) is 0 Å². The molecule has 1 N–H and O–H groups in total. The summed E-state index contributed by atoms with van der Waals surface area (Å²) in [6.07, 6.45) is 0. The standard InChI is InChI=1S/C23H23ClN6O2S/c1-15-3-7-19(8-4-15)30-22(29-9-11-32-12-10-29)27-28-23(30)33-16(2)21(31)26-18-6-5-17(14-25)20(24)13-18/h3-8,13,16H,9-12H2,1-2H3,(H,26,31). The maximum atomic E-state index is 12.9. The third-order valence-corrected chi connectivity index (χ3v) is 6.57. The average molecular weight is 483 g/mol. The Morgan fingerprint density at radius 1 is 1.21 bits per heavy atom. The molecule has 2 aromatic carbocycles. The van der Waals surface area contributed by atoms with Crippen LogP contribution in [0.4, 0.5) is 11.6 Å². The Bertz CT molecular complexity index is 1180. The number of carbonyl (C=O) groups is 1. The molecule has 33 heavy (non-hydrogen) atoms. The van der Waals surface area contributed by atoms with Crippen molar-refractivity contribution >= 4 is 40.9 Å². The highest BCUT2D eigenvalue weighted by Gasteiger charge is 2.25. The number of nitrogens with one attached hydrogen (secondary N) is 1. The molecule has 0 saturated carbocycles. The van der Waals surface area contributed by atoms with Crippen molar-refractivity contribution < 1.29 is 9.53 Å². The summed E-state index contributed by atoms with van der Waals surface area (Å²) in [5, 5.41) is 21.2. The van der Waals surface area contributed by atoms with E-state index in [9.17, 15) is 4.79 Å². The minimum atomic E-state index is -0.453. The number of carbonyl (C=O) groups excluding carboxylic acids is 1. The number of amides is 1. The van der Waals surface area contributed by atoms with E-state index in [1.165, 1.54) is 11.8 Å². The molecule has 1 unspecified atom stereocenters. The summed E-state index contributed by atoms with van der Waals surface area (Å²) in [5.74, 6) is 0.531. The Morgan fingerprint density at radius 3 is 2.61 bits per heavy atom. The number of thioether (sulfide) groups is 1. The van der Waals surface area contributed by atoms with E-state index < -0.39 is 5.25 Å². The number of hydrogen-bond donors (Lipinski definition) is 1. The van der Waals surface area contributed by atoms with E-state index in [1.54, 1.807) is 18.2 Å². The number of aryl methyl sites for hydroxylation is 1. The summed E-state index contributed by atoms with van der Waals surface area (Å²) in [5.41, 5.74) is 2.98. The summed E-state index contributed by atoms with van der Waals surface area (Å²) in [6, 6.07) is 14.9. The highest BCUT2D eigenvalue weighted by atomic mass is 35.5. The van der Waals surface area contributed by atoms with Crippen molar-refractivity contribution in [1.82, 2.24) is 14.8 Å². The molecule has 1 amide bonds. The summed E-state index contributed by atoms with van der Waals surface area (Å²) in [4.78, 5) is 15.0. The van der Waals surface area contributed by atoms with Crippen molar-refractivity contribution in [2.45, 2.75) is 24.3 Å². The monoisotopic (exact) mass is 482 g/mol. The van der Waals surface area contributed by atoms with Crippen molar-refractivity contribution in [3.63, 3.8) is 0 Å². The van der Waals surface area contributed by atoms with Gasteiger partial charge in [-0.3, -0.25) is 9.36 Å². The number of morpholine rings is 1. The van der Waals surface area contributed by atoms with E-state index in [2.05, 4.69) is 20.4 Å². The minimum absolute atomic E-state index is 0.202. The van der Waals surface area contributed by atoms with Gasteiger partial charge < -0.3 is 15.0 Å². The summed E-state index contributed by atoms with van der Waals surface area (Å²) in [6.45, 7) is 6.57. The van der Waals surface area contributed by atoms with E-state index >= 15 is 0 Å². The molecular weight excluding hydrogens is 460 g/mol. The van der Waals surface area contributed by atoms with Crippen LogP contribution >= 0.6 is 23.4 Å². The lowest BCUT2D eigenvalue weighted by molar-refractivity contribution is -0.115. The van der Waals surface area contributed by atoms with Crippen LogP contribution in [0.5, 0.6) is 0 Å². The van der Waals surface area contributed by atoms with Gasteiger partial charge in [-0.15, -0.1) is 10.2 Å². The van der Waals surface area contributed by atoms with Gasteiger partial charge in [-0.1, -0.05) is 41.1 Å². The Labute approximate surface area is 201 Å². The summed E-state index contributed by atoms with van der Waals surface area (Å²) < 4.78 is 7.46. The molecule has 0 bridgehead atoms. The Hall–Kier alpha value is -3.06. The maximum Gasteiger partial charge on any atom is 0.237 e. The molecule has 0 aliphatic carbocycles. The Morgan fingerprint density at radius 2 is 1.94 bits per heavy atom. The Balaban J connectivity index is 1.57. The number of hydrogen-bond acceptors (Lipinski definition) is 7. The van der Waals surface area contributed by atoms with E-state index in [0.717, 1.165) is 30.3 Å². The molecule has 170 valence electrons. The molecular formula is C23H23ClN6O2S. The lowest BCUT2D eigenvalue weighted by Crippen LogP contribution is -2.38. The molecule has 2 heterocycles. The van der Waals surface area contributed by atoms with Gasteiger partial charge in [-0.2, -0.15) is 5.26 Å². The first-order chi connectivity index (χ1) is 16.0. The van der Waals surface area contributed by atoms with Gasteiger partial charge in [0.2, 0.25) is 11.9 Å². The molecule has 1 aromatic heterocycles. The third-order valence-electron chi connectivity index (χ3n) is 5.21. The molecule has 4 rings (SSSR count). The molecule has 1 fully saturated rings. The number of ether oxygens (including phenoxy) is 1. The quantitative estimate of drug-likeness (QED) is 0.529. The number of aromatic nitrogens is 3. The molecule has 1 saturated heterocycles. The average Bonchev–Trinajstić information content (AvgIpc) is 3.23. The van der Waals surface area contributed by atoms with Crippen molar-refractivity contribution in [1.29, 1.82) is 5.26 Å². The lowest BCUT2D eigenvalue weighted by Gasteiger charge is -2.28. The number of halogens is 1. The SMILES string of the molecule is Cc1ccc(-n2c(SC(C)C(=O)Nc3ccc(C#N)c(Cl)c3)nnc2N2CCOCC2)cc1. The van der Waals surface area contributed by atoms with Gasteiger partial charge in [0.1, 0.15) is 6.07 Å². The fourth-order valence-electron chi connectivity index (χ4n) is 3.37. The number of nitrogens with zero attached hydrogens (tertiary/aromatic N) is 5. The van der Waals surface area contributed by atoms with Gasteiger partial charge in [0.25, 0.3) is 0 Å². The normalized spacial score (nSPS) is 14.5. The van der Waals surface area contributed by atoms with Crippen molar-refractivity contribution in [3.05, 3.63) is 58.6 Å². The van der Waals surface area contributed by atoms with Crippen LogP contribution in [0.15, 0.2) is 47.6 Å². The van der Waals surface area contributed by atoms with Crippen LogP contribution in [0.25, 0.3) is 5.69 Å². The molecule has 0 radical (unpaired) electrons. The van der Waals surface area contributed by atoms with Gasteiger partial charge >= 0.3 is 0 Å². The first-order valence-electron chi connectivity index (χ1n) is 10.5. The van der Waals surface area contributed by atoms with Gasteiger partial charge in [-0.05, 0) is 44.2 Å². The van der Waals surface area contributed by atoms with Crippen LogP contribution in [0.2, 0.25) is 5.02 Å². The zero-order chi connectivity index (χ0) is 23.4. The first-order valence-corrected chi connectivity index (χ1v) is 11.7. The van der Waals surface area contributed by atoms with Crippen LogP contribution in [0.1, 0.15) is 18.1 Å². The largest absolute Gasteiger partial charge is 0.378 e. The highest BCUT2D eigenvalue weighted by Crippen LogP contribution is 2.30.